The third kappa shape index (κ3) is 5.88. The number of fused-ring (bicyclic) bond motifs is 9. The summed E-state index contributed by atoms with van der Waals surface area (Å²) in [5, 5.41) is 5.66. The highest BCUT2D eigenvalue weighted by Gasteiger charge is 2.50. The van der Waals surface area contributed by atoms with E-state index in [9.17, 15) is 0 Å². The van der Waals surface area contributed by atoms with Gasteiger partial charge in [-0.3, -0.25) is 0 Å². The van der Waals surface area contributed by atoms with Gasteiger partial charge in [-0.05, 0) is 149 Å². The summed E-state index contributed by atoms with van der Waals surface area (Å²) in [6.07, 6.45) is 0. The van der Waals surface area contributed by atoms with Gasteiger partial charge in [0.1, 0.15) is 0 Å². The monoisotopic (exact) mass is 933 g/mol. The summed E-state index contributed by atoms with van der Waals surface area (Å²) >= 11 is 0. The summed E-state index contributed by atoms with van der Waals surface area (Å²) < 4.78 is 0. The minimum absolute atomic E-state index is 0.371. The van der Waals surface area contributed by atoms with Gasteiger partial charge in [0.15, 0.2) is 8.07 Å². The molecule has 0 unspecified atom stereocenters. The normalized spacial score (nSPS) is 14.6. The molecule has 11 aromatic carbocycles. The molecule has 340 valence electrons. The lowest BCUT2D eigenvalue weighted by Gasteiger charge is -2.36. The molecule has 1 nitrogen and oxygen atoms in total. The number of benzene rings is 11. The minimum Gasteiger partial charge on any atom is -0.310 e. The van der Waals surface area contributed by atoms with E-state index < -0.39 is 13.5 Å². The molecule has 0 saturated carbocycles. The van der Waals surface area contributed by atoms with E-state index in [2.05, 4.69) is 292 Å². The van der Waals surface area contributed by atoms with Crippen molar-refractivity contribution in [1.82, 2.24) is 0 Å². The van der Waals surface area contributed by atoms with E-state index in [-0.39, 0.29) is 5.41 Å². The fraction of sp³-hybridized carbons (Fsp3) is 0.0571. The molecule has 0 radical (unpaired) electrons. The molecule has 1 heterocycles. The molecule has 72 heavy (non-hydrogen) atoms. The molecule has 0 fully saturated rings. The van der Waals surface area contributed by atoms with Crippen LogP contribution in [0, 0.1) is 6.92 Å². The predicted molar refractivity (Wildman–Crippen MR) is 303 cm³/mol. The maximum Gasteiger partial charge on any atom is 0.180 e. The van der Waals surface area contributed by atoms with Gasteiger partial charge in [0.2, 0.25) is 0 Å². The summed E-state index contributed by atoms with van der Waals surface area (Å²) in [7, 11) is -2.86. The van der Waals surface area contributed by atoms with Crippen LogP contribution in [0.25, 0.3) is 33.4 Å². The second kappa shape index (κ2) is 16.2. The van der Waals surface area contributed by atoms with Gasteiger partial charge in [0, 0.05) is 22.5 Å². The Morgan fingerprint density at radius 2 is 0.764 bits per heavy atom. The van der Waals surface area contributed by atoms with Crippen LogP contribution in [-0.2, 0) is 10.8 Å². The quantitative estimate of drug-likeness (QED) is 0.137. The zero-order valence-corrected chi connectivity index (χ0v) is 41.4. The number of aryl methyl sites for hydroxylation is 1. The first-order valence-corrected chi connectivity index (χ1v) is 27.3. The molecule has 2 aliphatic carbocycles. The zero-order chi connectivity index (χ0) is 48.0. The summed E-state index contributed by atoms with van der Waals surface area (Å²) in [4.78, 5) is 2.57. The van der Waals surface area contributed by atoms with Crippen molar-refractivity contribution >= 4 is 45.9 Å². The largest absolute Gasteiger partial charge is 0.310 e. The Hall–Kier alpha value is -8.56. The van der Waals surface area contributed by atoms with E-state index in [0.29, 0.717) is 0 Å². The molecule has 1 aliphatic heterocycles. The van der Waals surface area contributed by atoms with E-state index >= 15 is 0 Å². The third-order valence-electron chi connectivity index (χ3n) is 16.5. The fourth-order valence-corrected chi connectivity index (χ4v) is 18.9. The van der Waals surface area contributed by atoms with Crippen LogP contribution < -0.4 is 25.6 Å². The van der Waals surface area contributed by atoms with Crippen LogP contribution in [0.2, 0.25) is 0 Å². The number of hydrogen-bond acceptors (Lipinski definition) is 1. The summed E-state index contributed by atoms with van der Waals surface area (Å²) in [5.74, 6) is 0. The van der Waals surface area contributed by atoms with Gasteiger partial charge in [0.05, 0.1) is 5.41 Å². The number of nitrogens with zero attached hydrogens (tertiary/aromatic N) is 1. The molecule has 11 aromatic rings. The number of hydrogen-bond donors (Lipinski definition) is 0. The average molecular weight is 934 g/mol. The van der Waals surface area contributed by atoms with Crippen molar-refractivity contribution < 1.29 is 0 Å². The third-order valence-corrected chi connectivity index (χ3v) is 21.4. The molecule has 0 bridgehead atoms. The summed E-state index contributed by atoms with van der Waals surface area (Å²) in [6, 6.07) is 104. The fourth-order valence-electron chi connectivity index (χ4n) is 13.6. The van der Waals surface area contributed by atoms with Crippen molar-refractivity contribution in [2.75, 3.05) is 4.90 Å². The van der Waals surface area contributed by atoms with Crippen molar-refractivity contribution in [2.45, 2.75) is 24.7 Å². The van der Waals surface area contributed by atoms with Crippen LogP contribution >= 0.6 is 0 Å². The second-order valence-electron chi connectivity index (χ2n) is 20.1. The van der Waals surface area contributed by atoms with Crippen molar-refractivity contribution in [1.29, 1.82) is 0 Å². The van der Waals surface area contributed by atoms with Crippen LogP contribution in [0.1, 0.15) is 51.4 Å². The molecule has 0 amide bonds. The van der Waals surface area contributed by atoms with Crippen LogP contribution in [0.15, 0.2) is 273 Å². The number of rotatable bonds is 8. The smallest absolute Gasteiger partial charge is 0.180 e. The van der Waals surface area contributed by atoms with E-state index in [1.165, 1.54) is 98.6 Å². The predicted octanol–water partition coefficient (Wildman–Crippen LogP) is 14.5. The Morgan fingerprint density at radius 3 is 1.36 bits per heavy atom. The Morgan fingerprint density at radius 1 is 0.306 bits per heavy atom. The van der Waals surface area contributed by atoms with Crippen LogP contribution in [0.3, 0.4) is 0 Å². The minimum atomic E-state index is -2.86. The van der Waals surface area contributed by atoms with Gasteiger partial charge < -0.3 is 4.90 Å². The van der Waals surface area contributed by atoms with Gasteiger partial charge in [-0.1, -0.05) is 237 Å². The Bertz CT molecular complexity index is 3780. The average Bonchev–Trinajstić information content (AvgIpc) is 4.02. The molecule has 14 rings (SSSR count). The Balaban J connectivity index is 1.06. The molecule has 2 heteroatoms. The van der Waals surface area contributed by atoms with Gasteiger partial charge in [0.25, 0.3) is 0 Å². The maximum absolute atomic E-state index is 2.86. The molecular weight excluding hydrogens is 883 g/mol. The summed E-state index contributed by atoms with van der Waals surface area (Å²) in [6.45, 7) is 4.72. The van der Waals surface area contributed by atoms with Crippen molar-refractivity contribution in [3.63, 3.8) is 0 Å². The lowest BCUT2D eigenvalue weighted by Crippen LogP contribution is -2.72. The van der Waals surface area contributed by atoms with Crippen molar-refractivity contribution in [2.24, 2.45) is 0 Å². The molecule has 3 aliphatic rings. The standard InChI is InChI=1S/C70H51NSi/c1-48-43-54(46-56(44-48)72(55-29-10-5-11-30-55)67-39-20-15-34-61(67)62-35-16-21-40-68(62)72)71(52-28-22-27-51(45-52)69(2)63-36-17-12-31-57(63)58-32-13-18-37-64(58)69)53-41-42-60-59-33-14-19-38-65(59)70(66(60)47-53,49-23-6-3-7-24-49)50-25-8-4-9-26-50/h3-47H,1-2H3. The first-order valence-electron chi connectivity index (χ1n) is 25.3. The highest BCUT2D eigenvalue weighted by Crippen LogP contribution is 2.58. The molecule has 0 N–H and O–H groups in total. The lowest BCUT2D eigenvalue weighted by atomic mass is 9.67. The van der Waals surface area contributed by atoms with Crippen molar-refractivity contribution in [3.05, 3.63) is 317 Å². The molecule has 0 atom stereocenters. The second-order valence-corrected chi connectivity index (χ2v) is 23.9. The summed E-state index contributed by atoms with van der Waals surface area (Å²) in [5.41, 5.74) is 20.6. The first-order chi connectivity index (χ1) is 35.5. The SMILES string of the molecule is Cc1cc(N(c2cccc(C3(C)c4ccccc4-c4ccccc43)c2)c2ccc3c(c2)C(c2ccccc2)(c2ccccc2)c2ccccc2-3)cc([Si]2(c3ccccc3)c3ccccc3-c3ccccc32)c1. The molecular formula is C70H51NSi. The zero-order valence-electron chi connectivity index (χ0n) is 40.4. The van der Waals surface area contributed by atoms with E-state index in [1.807, 2.05) is 0 Å². The highest BCUT2D eigenvalue weighted by molar-refractivity contribution is 7.22. The van der Waals surface area contributed by atoms with Gasteiger partial charge in [-0.2, -0.15) is 0 Å². The molecule has 0 aromatic heterocycles. The van der Waals surface area contributed by atoms with E-state index in [4.69, 9.17) is 0 Å². The van der Waals surface area contributed by atoms with E-state index in [0.717, 1.165) is 17.1 Å². The Labute approximate surface area is 424 Å². The van der Waals surface area contributed by atoms with Crippen LogP contribution in [0.4, 0.5) is 17.1 Å². The Kier molecular flexibility index (Phi) is 9.55. The highest BCUT2D eigenvalue weighted by atomic mass is 28.3. The van der Waals surface area contributed by atoms with Gasteiger partial charge >= 0.3 is 0 Å². The van der Waals surface area contributed by atoms with Crippen LogP contribution in [0.5, 0.6) is 0 Å². The molecule has 0 spiro atoms. The number of anilines is 3. The van der Waals surface area contributed by atoms with Crippen molar-refractivity contribution in [3.8, 4) is 33.4 Å². The first kappa shape index (κ1) is 42.3. The van der Waals surface area contributed by atoms with Crippen LogP contribution in [-0.4, -0.2) is 8.07 Å². The van der Waals surface area contributed by atoms with Gasteiger partial charge in [-0.15, -0.1) is 0 Å². The molecule has 0 saturated heterocycles. The van der Waals surface area contributed by atoms with E-state index in [1.54, 1.807) is 0 Å². The lowest BCUT2D eigenvalue weighted by molar-refractivity contribution is 0.714. The topological polar surface area (TPSA) is 3.24 Å². The maximum atomic E-state index is 2.57. The van der Waals surface area contributed by atoms with Gasteiger partial charge in [-0.25, -0.2) is 0 Å².